The number of carbonyl (C=O) groups excluding carboxylic acids is 1. The van der Waals surface area contributed by atoms with Crippen molar-refractivity contribution in [2.24, 2.45) is 5.10 Å². The smallest absolute Gasteiger partial charge is 0.439 e. The van der Waals surface area contributed by atoms with Gasteiger partial charge in [0.05, 0.1) is 19.2 Å². The largest absolute Gasteiger partial charge is 0.497 e. The molecule has 0 fully saturated rings. The van der Waals surface area contributed by atoms with Crippen molar-refractivity contribution in [2.75, 3.05) is 7.11 Å². The molecule has 0 unspecified atom stereocenters. The third-order valence-electron chi connectivity index (χ3n) is 3.43. The maximum Gasteiger partial charge on any atom is 0.439 e. The highest BCUT2D eigenvalue weighted by Crippen LogP contribution is 2.42. The van der Waals surface area contributed by atoms with E-state index >= 15 is 0 Å². The predicted molar refractivity (Wildman–Crippen MR) is 83.2 cm³/mol. The molecule has 138 valence electrons. The highest BCUT2D eigenvalue weighted by Gasteiger charge is 2.64. The summed E-state index contributed by atoms with van der Waals surface area (Å²) in [6.07, 6.45) is -7.39. The number of methoxy groups -OCH3 is 1. The first-order chi connectivity index (χ1) is 11.4. The van der Waals surface area contributed by atoms with Crippen molar-refractivity contribution >= 4 is 11.8 Å². The molecule has 1 heterocycles. The number of benzene rings is 1. The lowest BCUT2D eigenvalue weighted by Crippen LogP contribution is -2.57. The number of hydrogen-bond acceptors (Lipinski definition) is 5. The van der Waals surface area contributed by atoms with Crippen LogP contribution in [0.4, 0.5) is 18.0 Å². The summed E-state index contributed by atoms with van der Waals surface area (Å²) < 4.78 is 50.1. The van der Waals surface area contributed by atoms with Crippen LogP contribution in [-0.2, 0) is 4.74 Å². The molecule has 1 aliphatic rings. The van der Waals surface area contributed by atoms with Crippen LogP contribution in [-0.4, -0.2) is 46.5 Å². The molecule has 0 saturated carbocycles. The van der Waals surface area contributed by atoms with Crippen molar-refractivity contribution in [3.63, 3.8) is 0 Å². The fraction of sp³-hybridized carbons (Fsp3) is 0.500. The maximum atomic E-state index is 13.4. The van der Waals surface area contributed by atoms with E-state index in [0.29, 0.717) is 11.3 Å². The van der Waals surface area contributed by atoms with Crippen LogP contribution < -0.4 is 4.74 Å². The Labute approximate surface area is 142 Å². The van der Waals surface area contributed by atoms with Crippen LogP contribution in [0.25, 0.3) is 0 Å². The molecule has 1 atom stereocenters. The van der Waals surface area contributed by atoms with Crippen LogP contribution in [0.5, 0.6) is 5.75 Å². The van der Waals surface area contributed by atoms with Crippen LogP contribution in [0.3, 0.4) is 0 Å². The minimum Gasteiger partial charge on any atom is -0.497 e. The van der Waals surface area contributed by atoms with Gasteiger partial charge in [0.15, 0.2) is 0 Å². The average molecular weight is 360 g/mol. The summed E-state index contributed by atoms with van der Waals surface area (Å²) in [6, 6.07) is 6.07. The SMILES string of the molecule is COc1ccc(C2=NN(C(=O)OC(C)(C)C)[C@](O)(C(F)(F)F)C2)cc1. The number of ether oxygens (including phenoxy) is 2. The Kier molecular flexibility index (Phi) is 4.73. The Balaban J connectivity index is 2.40. The van der Waals surface area contributed by atoms with Gasteiger partial charge in [-0.25, -0.2) is 4.79 Å². The lowest BCUT2D eigenvalue weighted by atomic mass is 10.0. The van der Waals surface area contributed by atoms with Gasteiger partial charge in [0, 0.05) is 0 Å². The zero-order valence-corrected chi connectivity index (χ0v) is 14.2. The third-order valence-corrected chi connectivity index (χ3v) is 3.43. The summed E-state index contributed by atoms with van der Waals surface area (Å²) in [6.45, 7) is 4.51. The molecular weight excluding hydrogens is 341 g/mol. The first-order valence-electron chi connectivity index (χ1n) is 7.41. The van der Waals surface area contributed by atoms with Crippen molar-refractivity contribution in [3.05, 3.63) is 29.8 Å². The van der Waals surface area contributed by atoms with Crippen molar-refractivity contribution < 1.29 is 32.5 Å². The topological polar surface area (TPSA) is 71.4 Å². The summed E-state index contributed by atoms with van der Waals surface area (Å²) in [5, 5.41) is 13.8. The summed E-state index contributed by atoms with van der Waals surface area (Å²) in [5.74, 6) is 0.512. The van der Waals surface area contributed by atoms with Crippen LogP contribution in [0.2, 0.25) is 0 Å². The molecule has 25 heavy (non-hydrogen) atoms. The minimum atomic E-state index is -5.11. The van der Waals surface area contributed by atoms with Gasteiger partial charge in [-0.3, -0.25) is 0 Å². The molecule has 1 aromatic carbocycles. The number of aliphatic hydroxyl groups is 1. The van der Waals surface area contributed by atoms with Crippen molar-refractivity contribution in [1.29, 1.82) is 0 Å². The van der Waals surface area contributed by atoms with Gasteiger partial charge in [0.25, 0.3) is 5.72 Å². The quantitative estimate of drug-likeness (QED) is 0.879. The highest BCUT2D eigenvalue weighted by atomic mass is 19.4. The molecule has 0 saturated heterocycles. The van der Waals surface area contributed by atoms with E-state index < -0.39 is 30.0 Å². The number of hydrazone groups is 1. The lowest BCUT2D eigenvalue weighted by molar-refractivity contribution is -0.300. The molecule has 2 rings (SSSR count). The van der Waals surface area contributed by atoms with E-state index in [9.17, 15) is 23.1 Å². The Hall–Kier alpha value is -2.29. The Morgan fingerprint density at radius 2 is 1.80 bits per heavy atom. The second-order valence-corrected chi connectivity index (χ2v) is 6.56. The molecule has 6 nitrogen and oxygen atoms in total. The molecule has 1 amide bonds. The second-order valence-electron chi connectivity index (χ2n) is 6.56. The second kappa shape index (κ2) is 6.21. The fourth-order valence-corrected chi connectivity index (χ4v) is 2.21. The van der Waals surface area contributed by atoms with Gasteiger partial charge < -0.3 is 14.6 Å². The first-order valence-corrected chi connectivity index (χ1v) is 7.41. The minimum absolute atomic E-state index is 0.0438. The molecular formula is C16H19F3N2O4. The molecule has 0 aliphatic carbocycles. The van der Waals surface area contributed by atoms with E-state index in [-0.39, 0.29) is 10.7 Å². The van der Waals surface area contributed by atoms with E-state index in [1.807, 2.05) is 0 Å². The summed E-state index contributed by atoms with van der Waals surface area (Å²) in [5.41, 5.74) is -4.27. The van der Waals surface area contributed by atoms with Crippen molar-refractivity contribution in [2.45, 2.75) is 44.7 Å². The highest BCUT2D eigenvalue weighted by molar-refractivity contribution is 6.03. The molecule has 0 radical (unpaired) electrons. The monoisotopic (exact) mass is 360 g/mol. The Morgan fingerprint density at radius 3 is 2.24 bits per heavy atom. The number of rotatable bonds is 2. The number of halogens is 3. The summed E-state index contributed by atoms with van der Waals surface area (Å²) in [4.78, 5) is 12.1. The molecule has 0 bridgehead atoms. The summed E-state index contributed by atoms with van der Waals surface area (Å²) >= 11 is 0. The average Bonchev–Trinajstić information content (AvgIpc) is 2.85. The van der Waals surface area contributed by atoms with E-state index in [1.54, 1.807) is 12.1 Å². The van der Waals surface area contributed by atoms with Crippen LogP contribution in [0.1, 0.15) is 32.8 Å². The van der Waals surface area contributed by atoms with Crippen LogP contribution in [0.15, 0.2) is 29.4 Å². The van der Waals surface area contributed by atoms with E-state index in [0.717, 1.165) is 0 Å². The normalized spacial score (nSPS) is 21.1. The van der Waals surface area contributed by atoms with Crippen molar-refractivity contribution in [1.82, 2.24) is 5.01 Å². The zero-order valence-electron chi connectivity index (χ0n) is 14.2. The molecule has 0 spiro atoms. The number of hydrogen-bond donors (Lipinski definition) is 1. The van der Waals surface area contributed by atoms with Gasteiger partial charge in [-0.2, -0.15) is 23.3 Å². The number of alkyl halides is 3. The Morgan fingerprint density at radius 1 is 1.24 bits per heavy atom. The lowest BCUT2D eigenvalue weighted by Gasteiger charge is -2.33. The number of carbonyl (C=O) groups is 1. The number of amides is 1. The molecule has 1 aromatic rings. The van der Waals surface area contributed by atoms with E-state index in [1.165, 1.54) is 40.0 Å². The van der Waals surface area contributed by atoms with E-state index in [2.05, 4.69) is 5.10 Å². The predicted octanol–water partition coefficient (Wildman–Crippen LogP) is 3.29. The van der Waals surface area contributed by atoms with Gasteiger partial charge in [-0.15, -0.1) is 0 Å². The fourth-order valence-electron chi connectivity index (χ4n) is 2.21. The van der Waals surface area contributed by atoms with Gasteiger partial charge in [0.1, 0.15) is 11.4 Å². The molecule has 1 aliphatic heterocycles. The molecule has 0 aromatic heterocycles. The Bertz CT molecular complexity index is 680. The van der Waals surface area contributed by atoms with Gasteiger partial charge >= 0.3 is 12.3 Å². The van der Waals surface area contributed by atoms with Gasteiger partial charge in [-0.1, -0.05) is 0 Å². The molecule has 1 N–H and O–H groups in total. The van der Waals surface area contributed by atoms with Gasteiger partial charge in [0.2, 0.25) is 0 Å². The third kappa shape index (κ3) is 3.87. The zero-order chi connectivity index (χ0) is 19.0. The number of nitrogens with zero attached hydrogens (tertiary/aromatic N) is 2. The van der Waals surface area contributed by atoms with E-state index in [4.69, 9.17) is 9.47 Å². The van der Waals surface area contributed by atoms with Gasteiger partial charge in [-0.05, 0) is 50.6 Å². The standard InChI is InChI=1S/C16H19F3N2O4/c1-14(2,3)25-13(22)21-15(23,16(17,18)19)9-12(20-21)10-5-7-11(24-4)8-6-10/h5-8,23H,9H2,1-4H3/t15-/m1/s1. The van der Waals surface area contributed by atoms with Crippen molar-refractivity contribution in [3.8, 4) is 5.75 Å². The summed E-state index contributed by atoms with van der Waals surface area (Å²) in [7, 11) is 1.45. The van der Waals surface area contributed by atoms with Crippen LogP contribution >= 0.6 is 0 Å². The van der Waals surface area contributed by atoms with Crippen LogP contribution in [0, 0.1) is 0 Å². The maximum absolute atomic E-state index is 13.4. The molecule has 9 heteroatoms. The first kappa shape index (κ1) is 19.0.